The Balaban J connectivity index is 1.78. The molecular weight excluding hydrogens is 316 g/mol. The van der Waals surface area contributed by atoms with E-state index in [1.807, 2.05) is 13.0 Å². The van der Waals surface area contributed by atoms with Crippen molar-refractivity contribution in [2.75, 3.05) is 24.6 Å². The second-order valence-electron chi connectivity index (χ2n) is 4.99. The molecule has 0 amide bonds. The molecule has 0 bridgehead atoms. The van der Waals surface area contributed by atoms with Gasteiger partial charge in [0, 0.05) is 23.3 Å². The molecule has 4 heteroatoms. The predicted octanol–water partition coefficient (Wildman–Crippen LogP) is 3.73. The molecule has 1 atom stereocenters. The van der Waals surface area contributed by atoms with Gasteiger partial charge in [-0.1, -0.05) is 34.1 Å². The van der Waals surface area contributed by atoms with E-state index >= 15 is 0 Å². The molecule has 3 nitrogen and oxygen atoms in total. The zero-order chi connectivity index (χ0) is 13.9. The summed E-state index contributed by atoms with van der Waals surface area (Å²) in [6, 6.07) is 14.5. The lowest BCUT2D eigenvalue weighted by atomic mass is 10.1. The number of hydrogen-bond donors (Lipinski definition) is 0. The minimum Gasteiger partial charge on any atom is -0.370 e. The highest BCUT2D eigenvalue weighted by molar-refractivity contribution is 9.10. The molecule has 20 heavy (non-hydrogen) atoms. The SMILES string of the molecule is Cc1cccc(N2CCOC(c3ccc(Br)cc3)C2)n1. The highest BCUT2D eigenvalue weighted by atomic mass is 79.9. The zero-order valence-electron chi connectivity index (χ0n) is 11.4. The van der Waals surface area contributed by atoms with Crippen LogP contribution in [-0.2, 0) is 4.74 Å². The maximum atomic E-state index is 5.90. The fourth-order valence-electron chi connectivity index (χ4n) is 2.44. The minimum atomic E-state index is 0.110. The molecule has 1 aromatic carbocycles. The van der Waals surface area contributed by atoms with Gasteiger partial charge in [0.25, 0.3) is 0 Å². The number of aryl methyl sites for hydroxylation is 1. The van der Waals surface area contributed by atoms with E-state index in [4.69, 9.17) is 4.74 Å². The van der Waals surface area contributed by atoms with E-state index in [0.717, 1.165) is 35.7 Å². The van der Waals surface area contributed by atoms with Gasteiger partial charge in [0.1, 0.15) is 11.9 Å². The van der Waals surface area contributed by atoms with Crippen molar-refractivity contribution in [3.63, 3.8) is 0 Å². The second kappa shape index (κ2) is 5.94. The van der Waals surface area contributed by atoms with E-state index < -0.39 is 0 Å². The van der Waals surface area contributed by atoms with Crippen LogP contribution in [0.15, 0.2) is 46.9 Å². The van der Waals surface area contributed by atoms with E-state index in [0.29, 0.717) is 0 Å². The van der Waals surface area contributed by atoms with Crippen molar-refractivity contribution in [2.45, 2.75) is 13.0 Å². The van der Waals surface area contributed by atoms with Crippen LogP contribution in [-0.4, -0.2) is 24.7 Å². The van der Waals surface area contributed by atoms with Crippen molar-refractivity contribution in [2.24, 2.45) is 0 Å². The van der Waals surface area contributed by atoms with E-state index in [9.17, 15) is 0 Å². The first kappa shape index (κ1) is 13.6. The fourth-order valence-corrected chi connectivity index (χ4v) is 2.71. The first-order valence-corrected chi connectivity index (χ1v) is 7.57. The smallest absolute Gasteiger partial charge is 0.128 e. The molecule has 3 rings (SSSR count). The average Bonchev–Trinajstić information content (AvgIpc) is 2.48. The van der Waals surface area contributed by atoms with Crippen molar-refractivity contribution in [1.82, 2.24) is 4.98 Å². The molecule has 0 saturated carbocycles. The molecule has 2 heterocycles. The Kier molecular flexibility index (Phi) is 4.03. The van der Waals surface area contributed by atoms with Crippen LogP contribution in [0, 0.1) is 6.92 Å². The number of hydrogen-bond acceptors (Lipinski definition) is 3. The number of nitrogens with zero attached hydrogens (tertiary/aromatic N) is 2. The Bertz CT molecular complexity index is 585. The average molecular weight is 333 g/mol. The van der Waals surface area contributed by atoms with Crippen molar-refractivity contribution >= 4 is 21.7 Å². The summed E-state index contributed by atoms with van der Waals surface area (Å²) < 4.78 is 6.99. The van der Waals surface area contributed by atoms with Gasteiger partial charge in [0.05, 0.1) is 6.61 Å². The lowest BCUT2D eigenvalue weighted by molar-refractivity contribution is 0.0395. The molecule has 1 unspecified atom stereocenters. The standard InChI is InChI=1S/C16H17BrN2O/c1-12-3-2-4-16(18-12)19-9-10-20-15(11-19)13-5-7-14(17)8-6-13/h2-8,15H,9-11H2,1H3. The summed E-state index contributed by atoms with van der Waals surface area (Å²) >= 11 is 3.46. The van der Waals surface area contributed by atoms with Gasteiger partial charge in [0.15, 0.2) is 0 Å². The van der Waals surface area contributed by atoms with Gasteiger partial charge in [0.2, 0.25) is 0 Å². The molecule has 1 aliphatic heterocycles. The first-order chi connectivity index (χ1) is 9.72. The van der Waals surface area contributed by atoms with Crippen LogP contribution < -0.4 is 4.90 Å². The molecular formula is C16H17BrN2O. The normalized spacial score (nSPS) is 19.1. The number of aromatic nitrogens is 1. The van der Waals surface area contributed by atoms with Gasteiger partial charge in [-0.3, -0.25) is 0 Å². The van der Waals surface area contributed by atoms with Crippen molar-refractivity contribution in [3.8, 4) is 0 Å². The van der Waals surface area contributed by atoms with Gasteiger partial charge in [-0.15, -0.1) is 0 Å². The number of rotatable bonds is 2. The molecule has 2 aromatic rings. The highest BCUT2D eigenvalue weighted by Crippen LogP contribution is 2.26. The van der Waals surface area contributed by atoms with Crippen LogP contribution in [0.3, 0.4) is 0 Å². The molecule has 1 fully saturated rings. The fraction of sp³-hybridized carbons (Fsp3) is 0.312. The van der Waals surface area contributed by atoms with Crippen LogP contribution in [0.25, 0.3) is 0 Å². The maximum absolute atomic E-state index is 5.90. The molecule has 0 radical (unpaired) electrons. The lowest BCUT2D eigenvalue weighted by Gasteiger charge is -2.34. The Morgan fingerprint density at radius 3 is 2.75 bits per heavy atom. The third kappa shape index (κ3) is 3.02. The second-order valence-corrected chi connectivity index (χ2v) is 5.91. The van der Waals surface area contributed by atoms with Gasteiger partial charge in [-0.25, -0.2) is 4.98 Å². The van der Waals surface area contributed by atoms with Crippen LogP contribution in [0.2, 0.25) is 0 Å². The van der Waals surface area contributed by atoms with Crippen molar-refractivity contribution in [1.29, 1.82) is 0 Å². The Morgan fingerprint density at radius 1 is 1.20 bits per heavy atom. The molecule has 1 aliphatic rings. The number of morpholine rings is 1. The minimum absolute atomic E-state index is 0.110. The van der Waals surface area contributed by atoms with Crippen LogP contribution in [0.4, 0.5) is 5.82 Å². The van der Waals surface area contributed by atoms with Crippen LogP contribution in [0.1, 0.15) is 17.4 Å². The monoisotopic (exact) mass is 332 g/mol. The van der Waals surface area contributed by atoms with E-state index in [1.54, 1.807) is 0 Å². The molecule has 0 aliphatic carbocycles. The topological polar surface area (TPSA) is 25.4 Å². The number of benzene rings is 1. The predicted molar refractivity (Wildman–Crippen MR) is 84.0 cm³/mol. The summed E-state index contributed by atoms with van der Waals surface area (Å²) in [7, 11) is 0. The Morgan fingerprint density at radius 2 is 2.00 bits per heavy atom. The van der Waals surface area contributed by atoms with Crippen molar-refractivity contribution in [3.05, 3.63) is 58.2 Å². The Hall–Kier alpha value is -1.39. The van der Waals surface area contributed by atoms with Crippen LogP contribution >= 0.6 is 15.9 Å². The molecule has 0 N–H and O–H groups in total. The third-order valence-electron chi connectivity index (χ3n) is 3.51. The van der Waals surface area contributed by atoms with E-state index in [1.165, 1.54) is 5.56 Å². The molecule has 104 valence electrons. The summed E-state index contributed by atoms with van der Waals surface area (Å²) in [4.78, 5) is 6.90. The maximum Gasteiger partial charge on any atom is 0.128 e. The number of halogens is 1. The summed E-state index contributed by atoms with van der Waals surface area (Å²) in [6.45, 7) is 4.49. The van der Waals surface area contributed by atoms with Gasteiger partial charge in [-0.2, -0.15) is 0 Å². The lowest BCUT2D eigenvalue weighted by Crippen LogP contribution is -2.38. The zero-order valence-corrected chi connectivity index (χ0v) is 13.0. The number of ether oxygens (including phenoxy) is 1. The Labute approximate surface area is 127 Å². The molecule has 1 aromatic heterocycles. The largest absolute Gasteiger partial charge is 0.370 e. The summed E-state index contributed by atoms with van der Waals surface area (Å²) in [5.74, 6) is 1.04. The van der Waals surface area contributed by atoms with Gasteiger partial charge >= 0.3 is 0 Å². The first-order valence-electron chi connectivity index (χ1n) is 6.78. The third-order valence-corrected chi connectivity index (χ3v) is 4.03. The summed E-state index contributed by atoms with van der Waals surface area (Å²) in [5, 5.41) is 0. The van der Waals surface area contributed by atoms with Gasteiger partial charge < -0.3 is 9.64 Å². The number of anilines is 1. The van der Waals surface area contributed by atoms with Crippen molar-refractivity contribution < 1.29 is 4.74 Å². The van der Waals surface area contributed by atoms with E-state index in [-0.39, 0.29) is 6.10 Å². The summed E-state index contributed by atoms with van der Waals surface area (Å²) in [5.41, 5.74) is 2.26. The van der Waals surface area contributed by atoms with E-state index in [2.05, 4.69) is 62.2 Å². The highest BCUT2D eigenvalue weighted by Gasteiger charge is 2.22. The van der Waals surface area contributed by atoms with Gasteiger partial charge in [-0.05, 0) is 36.8 Å². The van der Waals surface area contributed by atoms with Crippen LogP contribution in [0.5, 0.6) is 0 Å². The molecule has 0 spiro atoms. The summed E-state index contributed by atoms with van der Waals surface area (Å²) in [6.07, 6.45) is 0.110. The number of pyridine rings is 1. The molecule has 1 saturated heterocycles. The quantitative estimate of drug-likeness (QED) is 0.837.